The molecule has 50 heavy (non-hydrogen) atoms. The van der Waals surface area contributed by atoms with Crippen LogP contribution in [0.5, 0.6) is 0 Å². The Morgan fingerprint density at radius 2 is 1.64 bits per heavy atom. The number of aryl methyl sites for hydroxylation is 1. The first kappa shape index (κ1) is 43.3. The van der Waals surface area contributed by atoms with Crippen LogP contribution in [0.15, 0.2) is 132 Å². The zero-order valence-electron chi connectivity index (χ0n) is 31.6. The van der Waals surface area contributed by atoms with Crippen molar-refractivity contribution in [1.82, 2.24) is 0 Å². The number of benzene rings is 3. The molecule has 0 saturated heterocycles. The molecule has 0 fully saturated rings. The second-order valence-electron chi connectivity index (χ2n) is 10.9. The minimum absolute atomic E-state index is 0.597. The van der Waals surface area contributed by atoms with Gasteiger partial charge in [-0.3, -0.25) is 4.99 Å². The van der Waals surface area contributed by atoms with Crippen LogP contribution >= 0.6 is 0 Å². The van der Waals surface area contributed by atoms with Crippen molar-refractivity contribution in [2.45, 2.75) is 67.3 Å². The van der Waals surface area contributed by atoms with Crippen molar-refractivity contribution in [3.63, 3.8) is 0 Å². The quantitative estimate of drug-likeness (QED) is 0.0979. The van der Waals surface area contributed by atoms with Crippen LogP contribution in [-0.2, 0) is 13.0 Å². The van der Waals surface area contributed by atoms with E-state index >= 15 is 0 Å². The minimum Gasteiger partial charge on any atom is -0.461 e. The minimum atomic E-state index is 0.597. The molecule has 266 valence electrons. The summed E-state index contributed by atoms with van der Waals surface area (Å²) in [6, 6.07) is 19.6. The van der Waals surface area contributed by atoms with Crippen LogP contribution in [0.1, 0.15) is 75.5 Å². The third-order valence-corrected chi connectivity index (χ3v) is 7.83. The predicted octanol–water partition coefficient (Wildman–Crippen LogP) is 12.2. The molecule has 1 unspecified atom stereocenters. The molecule has 1 aromatic heterocycles. The number of fused-ring (bicyclic) bond motifs is 4. The Morgan fingerprint density at radius 1 is 0.920 bits per heavy atom. The summed E-state index contributed by atoms with van der Waals surface area (Å²) < 4.78 is 6.09. The van der Waals surface area contributed by atoms with Gasteiger partial charge in [0.05, 0.1) is 6.54 Å². The van der Waals surface area contributed by atoms with Crippen molar-refractivity contribution in [2.24, 2.45) is 22.4 Å². The van der Waals surface area contributed by atoms with E-state index < -0.39 is 0 Å². The Balaban J connectivity index is 0.000000517. The van der Waals surface area contributed by atoms with Crippen LogP contribution in [-0.4, -0.2) is 19.8 Å². The number of furan rings is 1. The van der Waals surface area contributed by atoms with Crippen LogP contribution in [0.3, 0.4) is 0 Å². The van der Waals surface area contributed by atoms with Gasteiger partial charge in [0.1, 0.15) is 11.3 Å². The van der Waals surface area contributed by atoms with Gasteiger partial charge in [-0.15, -0.1) is 13.2 Å². The number of nitrogens with two attached hydrogens (primary N) is 2. The van der Waals surface area contributed by atoms with Gasteiger partial charge in [0.15, 0.2) is 0 Å². The second kappa shape index (κ2) is 25.2. The van der Waals surface area contributed by atoms with E-state index in [2.05, 4.69) is 116 Å². The van der Waals surface area contributed by atoms with E-state index in [-0.39, 0.29) is 0 Å². The van der Waals surface area contributed by atoms with Crippen molar-refractivity contribution < 1.29 is 4.42 Å². The van der Waals surface area contributed by atoms with Crippen LogP contribution in [0.4, 0.5) is 0 Å². The van der Waals surface area contributed by atoms with Gasteiger partial charge in [0.25, 0.3) is 0 Å². The Hall–Kier alpha value is -4.77. The average Bonchev–Trinajstić information content (AvgIpc) is 3.72. The van der Waals surface area contributed by atoms with Crippen molar-refractivity contribution >= 4 is 23.8 Å². The van der Waals surface area contributed by atoms with Crippen LogP contribution in [0.25, 0.3) is 39.3 Å². The zero-order valence-corrected chi connectivity index (χ0v) is 31.6. The number of nitrogens with zero attached hydrogens (tertiary/aromatic N) is 1. The molecule has 4 N–H and O–H groups in total. The molecule has 4 aromatic rings. The molecule has 0 amide bonds. The van der Waals surface area contributed by atoms with Crippen LogP contribution < -0.4 is 11.5 Å². The van der Waals surface area contributed by atoms with E-state index in [1.165, 1.54) is 38.9 Å². The molecule has 1 heterocycles. The van der Waals surface area contributed by atoms with Crippen LogP contribution in [0, 0.1) is 12.8 Å². The Labute approximate surface area is 303 Å². The first-order valence-corrected chi connectivity index (χ1v) is 17.9. The normalized spacial score (nSPS) is 13.2. The van der Waals surface area contributed by atoms with Gasteiger partial charge in [0.2, 0.25) is 0 Å². The summed E-state index contributed by atoms with van der Waals surface area (Å²) in [5.74, 6) is 1.52. The van der Waals surface area contributed by atoms with E-state index in [9.17, 15) is 0 Å². The lowest BCUT2D eigenvalue weighted by atomic mass is 9.91. The summed E-state index contributed by atoms with van der Waals surface area (Å²) in [6.45, 7) is 27.7. The fourth-order valence-corrected chi connectivity index (χ4v) is 5.71. The Bertz CT molecular complexity index is 1720. The van der Waals surface area contributed by atoms with Gasteiger partial charge in [-0.05, 0) is 104 Å². The van der Waals surface area contributed by atoms with Crippen LogP contribution in [0.2, 0.25) is 0 Å². The summed E-state index contributed by atoms with van der Waals surface area (Å²) in [7, 11) is 0. The molecule has 0 aliphatic heterocycles. The highest BCUT2D eigenvalue weighted by atomic mass is 16.3. The third-order valence-electron chi connectivity index (χ3n) is 7.83. The highest BCUT2D eigenvalue weighted by Gasteiger charge is 2.24. The molecule has 6 rings (SSSR count). The van der Waals surface area contributed by atoms with Crippen molar-refractivity contribution in [1.29, 1.82) is 0 Å². The van der Waals surface area contributed by atoms with Gasteiger partial charge in [-0.1, -0.05) is 137 Å². The Morgan fingerprint density at radius 3 is 2.22 bits per heavy atom. The molecule has 0 radical (unpaired) electrons. The maximum atomic E-state index is 6.09. The first-order chi connectivity index (χ1) is 24.6. The fourth-order valence-electron chi connectivity index (χ4n) is 5.71. The topological polar surface area (TPSA) is 77.5 Å². The summed E-state index contributed by atoms with van der Waals surface area (Å²) >= 11 is 0. The number of rotatable bonds is 8. The molecular weight excluding hydrogens is 611 g/mol. The molecule has 4 heteroatoms. The molecule has 2 aliphatic carbocycles. The standard InChI is InChI=1S/C28H23NO.C7H11N.C5H11N.2C2H6.C2H4/c1-4-5-9-22-18(2)30-26-12-7-11-25(28(22)26)24-10-6-8-20-16-21-15-19(17-29-3)13-14-23(21)27(20)24;8-6-7-4-2-1-3-5-7;1-2-3-4-5-6;3*1-2/h4-15H,1,3,16-17H2,2H3;1-4,7H,5-6,8H2;2-3H,4-6H2,1H3;2*1-2H3;1-2H2/b9-5-;;3-2-;;;. The van der Waals surface area contributed by atoms with Crippen molar-refractivity contribution in [2.75, 3.05) is 13.1 Å². The summed E-state index contributed by atoms with van der Waals surface area (Å²) in [5, 5.41) is 1.16. The van der Waals surface area contributed by atoms with Gasteiger partial charge in [0, 0.05) is 10.9 Å². The smallest absolute Gasteiger partial charge is 0.135 e. The SMILES string of the molecule is C/C=C\CCN.C=C.C=C/C=C\c1c(C)oc2cccc(-c3cccc4c3-c3ccc(CN=C)cc3C4)c12.CC.CC.NCC1C=CC=CC1. The number of hydrogen-bond donors (Lipinski definition) is 2. The molecule has 0 saturated carbocycles. The van der Waals surface area contributed by atoms with E-state index in [4.69, 9.17) is 15.9 Å². The summed E-state index contributed by atoms with van der Waals surface area (Å²) in [6.07, 6.45) is 21.4. The average molecular weight is 672 g/mol. The fraction of sp³-hybridized carbons (Fsp3) is 0.283. The van der Waals surface area contributed by atoms with Crippen molar-refractivity contribution in [3.8, 4) is 22.3 Å². The second-order valence-corrected chi connectivity index (χ2v) is 10.9. The monoisotopic (exact) mass is 671 g/mol. The number of aliphatic imine (C=N–C) groups is 1. The maximum absolute atomic E-state index is 6.09. The maximum Gasteiger partial charge on any atom is 0.135 e. The summed E-state index contributed by atoms with van der Waals surface area (Å²) in [5.41, 5.74) is 21.6. The predicted molar refractivity (Wildman–Crippen MR) is 225 cm³/mol. The number of hydrogen-bond acceptors (Lipinski definition) is 4. The summed E-state index contributed by atoms with van der Waals surface area (Å²) in [4.78, 5) is 4.04. The van der Waals surface area contributed by atoms with Gasteiger partial charge < -0.3 is 15.9 Å². The molecular formula is C46H61N3O. The van der Waals surface area contributed by atoms with E-state index in [1.54, 1.807) is 6.08 Å². The van der Waals surface area contributed by atoms with E-state index in [0.717, 1.165) is 54.6 Å². The van der Waals surface area contributed by atoms with Gasteiger partial charge in [-0.25, -0.2) is 0 Å². The van der Waals surface area contributed by atoms with Gasteiger partial charge in [-0.2, -0.15) is 0 Å². The first-order valence-electron chi connectivity index (χ1n) is 17.9. The van der Waals surface area contributed by atoms with Gasteiger partial charge >= 0.3 is 0 Å². The van der Waals surface area contributed by atoms with E-state index in [1.807, 2.05) is 59.8 Å². The number of allylic oxidation sites excluding steroid dienone is 6. The molecule has 2 aliphatic rings. The zero-order chi connectivity index (χ0) is 37.3. The molecule has 0 bridgehead atoms. The highest BCUT2D eigenvalue weighted by molar-refractivity contribution is 6.05. The molecule has 3 aromatic carbocycles. The Kier molecular flexibility index (Phi) is 21.8. The lowest BCUT2D eigenvalue weighted by molar-refractivity contribution is 0.577. The van der Waals surface area contributed by atoms with Crippen molar-refractivity contribution in [3.05, 3.63) is 151 Å². The van der Waals surface area contributed by atoms with E-state index in [0.29, 0.717) is 12.5 Å². The third kappa shape index (κ3) is 12.0. The molecule has 4 nitrogen and oxygen atoms in total. The molecule has 0 spiro atoms. The lowest BCUT2D eigenvalue weighted by Crippen LogP contribution is -2.11. The molecule has 1 atom stereocenters. The largest absolute Gasteiger partial charge is 0.461 e. The highest BCUT2D eigenvalue weighted by Crippen LogP contribution is 2.46. The lowest BCUT2D eigenvalue weighted by Gasteiger charge is -2.12.